The number of benzene rings is 1. The molecule has 1 spiro atoms. The molecule has 0 unspecified atom stereocenters. The summed E-state index contributed by atoms with van der Waals surface area (Å²) >= 11 is 0. The third kappa shape index (κ3) is 1.14. The molecule has 2 nitrogen and oxygen atoms in total. The van der Waals surface area contributed by atoms with Gasteiger partial charge >= 0.3 is 0 Å². The molecular formula is C13H14O2. The first-order valence-corrected chi connectivity index (χ1v) is 5.41. The van der Waals surface area contributed by atoms with Gasteiger partial charge in [-0.15, -0.1) is 0 Å². The van der Waals surface area contributed by atoms with Gasteiger partial charge in [0.1, 0.15) is 12.4 Å². The molecule has 2 heteroatoms. The average molecular weight is 202 g/mol. The quantitative estimate of drug-likeness (QED) is 0.646. The number of rotatable bonds is 0. The topological polar surface area (TPSA) is 26.3 Å². The highest BCUT2D eigenvalue weighted by atomic mass is 16.5. The van der Waals surface area contributed by atoms with E-state index in [1.54, 1.807) is 0 Å². The molecule has 1 aromatic rings. The fourth-order valence-corrected chi connectivity index (χ4v) is 2.18. The second-order valence-electron chi connectivity index (χ2n) is 4.83. The van der Waals surface area contributed by atoms with Gasteiger partial charge in [-0.25, -0.2) is 0 Å². The predicted molar refractivity (Wildman–Crippen MR) is 57.4 cm³/mol. The van der Waals surface area contributed by atoms with Crippen molar-refractivity contribution in [2.75, 3.05) is 6.61 Å². The lowest BCUT2D eigenvalue weighted by molar-refractivity contribution is 0.0798. The highest BCUT2D eigenvalue weighted by Gasteiger charge is 2.53. The summed E-state index contributed by atoms with van der Waals surface area (Å²) in [6.07, 6.45) is 2.00. The zero-order chi connectivity index (χ0) is 10.6. The van der Waals surface area contributed by atoms with Gasteiger partial charge in [0.05, 0.1) is 11.0 Å². The Morgan fingerprint density at radius 2 is 1.87 bits per heavy atom. The monoisotopic (exact) mass is 202 g/mol. The number of carbonyl (C=O) groups is 1. The molecule has 0 aromatic heterocycles. The molecule has 3 rings (SSSR count). The fourth-order valence-electron chi connectivity index (χ4n) is 2.18. The van der Waals surface area contributed by atoms with Crippen LogP contribution in [0, 0.1) is 19.3 Å². The standard InChI is InChI=1S/C13H14O2/c1-8-5-10-11(6-9(8)2)15-7-13(3-4-13)12(10)14/h5-6H,3-4,7H2,1-2H3. The Balaban J connectivity index is 2.15. The summed E-state index contributed by atoms with van der Waals surface area (Å²) < 4.78 is 5.69. The van der Waals surface area contributed by atoms with Gasteiger partial charge in [0.25, 0.3) is 0 Å². The lowest BCUT2D eigenvalue weighted by atomic mass is 9.90. The number of aryl methyl sites for hydroxylation is 2. The minimum Gasteiger partial charge on any atom is -0.492 e. The molecule has 0 radical (unpaired) electrons. The SMILES string of the molecule is Cc1cc2c(cc1C)C(=O)C1(CC1)CO2. The van der Waals surface area contributed by atoms with E-state index in [4.69, 9.17) is 4.74 Å². The molecule has 0 saturated heterocycles. The lowest BCUT2D eigenvalue weighted by Crippen LogP contribution is -2.29. The minimum atomic E-state index is -0.144. The maximum Gasteiger partial charge on any atom is 0.176 e. The maximum absolute atomic E-state index is 12.2. The van der Waals surface area contributed by atoms with E-state index in [0.717, 1.165) is 24.2 Å². The molecule has 1 heterocycles. The molecule has 2 aliphatic rings. The van der Waals surface area contributed by atoms with Gasteiger partial charge in [-0.2, -0.15) is 0 Å². The number of hydrogen-bond acceptors (Lipinski definition) is 2. The summed E-state index contributed by atoms with van der Waals surface area (Å²) in [5.74, 6) is 1.08. The van der Waals surface area contributed by atoms with Crippen molar-refractivity contribution in [3.8, 4) is 5.75 Å². The van der Waals surface area contributed by atoms with Crippen molar-refractivity contribution in [2.45, 2.75) is 26.7 Å². The Labute approximate surface area is 89.2 Å². The molecule has 0 N–H and O–H groups in total. The van der Waals surface area contributed by atoms with E-state index in [9.17, 15) is 4.79 Å². The Hall–Kier alpha value is -1.31. The third-order valence-corrected chi connectivity index (χ3v) is 3.68. The minimum absolute atomic E-state index is 0.144. The van der Waals surface area contributed by atoms with Crippen LogP contribution in [0.4, 0.5) is 0 Å². The first-order valence-electron chi connectivity index (χ1n) is 5.41. The zero-order valence-corrected chi connectivity index (χ0v) is 9.09. The summed E-state index contributed by atoms with van der Waals surface area (Å²) in [7, 11) is 0. The van der Waals surface area contributed by atoms with Crippen LogP contribution in [0.25, 0.3) is 0 Å². The van der Waals surface area contributed by atoms with E-state index in [-0.39, 0.29) is 5.41 Å². The van der Waals surface area contributed by atoms with E-state index in [1.165, 1.54) is 11.1 Å². The first-order chi connectivity index (χ1) is 7.12. The van der Waals surface area contributed by atoms with Gasteiger partial charge in [-0.3, -0.25) is 4.79 Å². The van der Waals surface area contributed by atoms with Crippen LogP contribution in [0.1, 0.15) is 34.3 Å². The number of ketones is 1. The van der Waals surface area contributed by atoms with Crippen molar-refractivity contribution in [2.24, 2.45) is 5.41 Å². The van der Waals surface area contributed by atoms with Gasteiger partial charge in [0.2, 0.25) is 0 Å². The van der Waals surface area contributed by atoms with Crippen LogP contribution in [0.15, 0.2) is 12.1 Å². The van der Waals surface area contributed by atoms with E-state index < -0.39 is 0 Å². The van der Waals surface area contributed by atoms with E-state index in [2.05, 4.69) is 0 Å². The largest absolute Gasteiger partial charge is 0.492 e. The molecule has 1 saturated carbocycles. The van der Waals surface area contributed by atoms with Gasteiger partial charge in [0, 0.05) is 0 Å². The van der Waals surface area contributed by atoms with E-state index >= 15 is 0 Å². The van der Waals surface area contributed by atoms with Crippen LogP contribution in [-0.4, -0.2) is 12.4 Å². The normalized spacial score (nSPS) is 21.1. The van der Waals surface area contributed by atoms with Gasteiger partial charge in [0.15, 0.2) is 5.78 Å². The fraction of sp³-hybridized carbons (Fsp3) is 0.462. The number of carbonyl (C=O) groups excluding carboxylic acids is 1. The summed E-state index contributed by atoms with van der Waals surface area (Å²) in [6, 6.07) is 3.96. The van der Waals surface area contributed by atoms with E-state index in [0.29, 0.717) is 12.4 Å². The molecule has 15 heavy (non-hydrogen) atoms. The number of Topliss-reactive ketones (excluding diaryl/α,β-unsaturated/α-hetero) is 1. The van der Waals surface area contributed by atoms with Gasteiger partial charge in [-0.1, -0.05) is 0 Å². The maximum atomic E-state index is 12.2. The third-order valence-electron chi connectivity index (χ3n) is 3.68. The Kier molecular flexibility index (Phi) is 1.57. The highest BCUT2D eigenvalue weighted by Crippen LogP contribution is 2.52. The van der Waals surface area contributed by atoms with Crippen LogP contribution < -0.4 is 4.74 Å². The summed E-state index contributed by atoms with van der Waals surface area (Å²) in [5.41, 5.74) is 3.01. The smallest absolute Gasteiger partial charge is 0.176 e. The molecule has 1 aliphatic heterocycles. The Morgan fingerprint density at radius 1 is 1.20 bits per heavy atom. The second kappa shape index (κ2) is 2.63. The van der Waals surface area contributed by atoms with Crippen molar-refractivity contribution >= 4 is 5.78 Å². The van der Waals surface area contributed by atoms with Crippen molar-refractivity contribution in [1.82, 2.24) is 0 Å². The molecule has 1 aliphatic carbocycles. The van der Waals surface area contributed by atoms with E-state index in [1.807, 2.05) is 26.0 Å². The summed E-state index contributed by atoms with van der Waals surface area (Å²) in [6.45, 7) is 4.67. The molecule has 78 valence electrons. The highest BCUT2D eigenvalue weighted by molar-refractivity contribution is 6.05. The van der Waals surface area contributed by atoms with Crippen LogP contribution in [0.3, 0.4) is 0 Å². The van der Waals surface area contributed by atoms with Crippen LogP contribution in [-0.2, 0) is 0 Å². The number of hydrogen-bond donors (Lipinski definition) is 0. The second-order valence-corrected chi connectivity index (χ2v) is 4.83. The number of ether oxygens (including phenoxy) is 1. The van der Waals surface area contributed by atoms with Gasteiger partial charge < -0.3 is 4.74 Å². The molecule has 0 bridgehead atoms. The molecule has 1 aromatic carbocycles. The van der Waals surface area contributed by atoms with Crippen molar-refractivity contribution in [3.63, 3.8) is 0 Å². The molecular weight excluding hydrogens is 188 g/mol. The molecule has 0 amide bonds. The number of fused-ring (bicyclic) bond motifs is 1. The summed E-state index contributed by atoms with van der Waals surface area (Å²) in [5, 5.41) is 0. The van der Waals surface area contributed by atoms with Crippen LogP contribution >= 0.6 is 0 Å². The van der Waals surface area contributed by atoms with Crippen molar-refractivity contribution in [1.29, 1.82) is 0 Å². The Bertz CT molecular complexity index is 456. The molecule has 0 atom stereocenters. The van der Waals surface area contributed by atoms with Crippen LogP contribution in [0.2, 0.25) is 0 Å². The van der Waals surface area contributed by atoms with Crippen molar-refractivity contribution < 1.29 is 9.53 Å². The lowest BCUT2D eigenvalue weighted by Gasteiger charge is -2.24. The Morgan fingerprint density at radius 3 is 2.53 bits per heavy atom. The summed E-state index contributed by atoms with van der Waals surface area (Å²) in [4.78, 5) is 12.2. The average Bonchev–Trinajstić information content (AvgIpc) is 2.97. The molecule has 1 fully saturated rings. The first kappa shape index (κ1) is 8.96. The predicted octanol–water partition coefficient (Wildman–Crippen LogP) is 2.66. The van der Waals surface area contributed by atoms with Gasteiger partial charge in [-0.05, 0) is 49.9 Å². The van der Waals surface area contributed by atoms with Crippen LogP contribution in [0.5, 0.6) is 5.75 Å². The zero-order valence-electron chi connectivity index (χ0n) is 9.09. The van der Waals surface area contributed by atoms with Crippen molar-refractivity contribution in [3.05, 3.63) is 28.8 Å².